The van der Waals surface area contributed by atoms with Crippen molar-refractivity contribution in [3.63, 3.8) is 0 Å². The Morgan fingerprint density at radius 1 is 0.768 bits per heavy atom. The number of hydrogen-bond acceptors (Lipinski definition) is 9. The van der Waals surface area contributed by atoms with Crippen molar-refractivity contribution in [2.45, 2.75) is 49.9 Å². The van der Waals surface area contributed by atoms with Crippen LogP contribution in [0.3, 0.4) is 0 Å². The van der Waals surface area contributed by atoms with Gasteiger partial charge in [-0.2, -0.15) is 5.10 Å². The van der Waals surface area contributed by atoms with E-state index in [2.05, 4.69) is 51.4 Å². The van der Waals surface area contributed by atoms with Crippen LogP contribution in [-0.2, 0) is 11.3 Å². The molecule has 6 aromatic carbocycles. The maximum absolute atomic E-state index is 13.5. The Morgan fingerprint density at radius 3 is 2.29 bits per heavy atom. The van der Waals surface area contributed by atoms with Crippen molar-refractivity contribution >= 4 is 50.8 Å². The Kier molecular flexibility index (Phi) is 13.1. The molecule has 4 heterocycles. The van der Waals surface area contributed by atoms with Gasteiger partial charge in [0.2, 0.25) is 5.91 Å². The van der Waals surface area contributed by atoms with Crippen molar-refractivity contribution in [3.8, 4) is 39.5 Å². The minimum atomic E-state index is -4.94. The molecule has 2 fully saturated rings. The monoisotopic (exact) mass is 950 g/mol. The van der Waals surface area contributed by atoms with Crippen LogP contribution in [-0.4, -0.2) is 92.3 Å². The molecule has 0 radical (unpaired) electrons. The lowest BCUT2D eigenvalue weighted by atomic mass is 9.89. The summed E-state index contributed by atoms with van der Waals surface area (Å²) in [6.45, 7) is 3.32. The van der Waals surface area contributed by atoms with Gasteiger partial charge in [-0.05, 0) is 113 Å². The Hall–Kier alpha value is -7.10. The zero-order chi connectivity index (χ0) is 47.5. The topological polar surface area (TPSA) is 122 Å². The number of nitrogens with one attached hydrogen (secondary N) is 1. The first-order valence-electron chi connectivity index (χ1n) is 23.1. The largest absolute Gasteiger partial charge is 0.573 e. The summed E-state index contributed by atoms with van der Waals surface area (Å²) in [5.41, 5.74) is 6.30. The van der Waals surface area contributed by atoms with Crippen LogP contribution in [0.15, 0.2) is 145 Å². The summed E-state index contributed by atoms with van der Waals surface area (Å²) < 4.78 is 51.3. The van der Waals surface area contributed by atoms with E-state index < -0.39 is 18.0 Å². The van der Waals surface area contributed by atoms with E-state index in [0.29, 0.717) is 36.4 Å². The van der Waals surface area contributed by atoms with E-state index in [-0.39, 0.29) is 29.9 Å². The van der Waals surface area contributed by atoms with E-state index >= 15 is 0 Å². The summed E-state index contributed by atoms with van der Waals surface area (Å²) >= 11 is 1.62. The molecule has 0 aliphatic carbocycles. The molecule has 2 aromatic heterocycles. The van der Waals surface area contributed by atoms with Gasteiger partial charge in [0.1, 0.15) is 23.4 Å². The number of aromatic nitrogens is 3. The molecule has 8 aromatic rings. The molecule has 10 rings (SSSR count). The van der Waals surface area contributed by atoms with Crippen molar-refractivity contribution in [2.75, 3.05) is 38.5 Å². The van der Waals surface area contributed by atoms with Crippen LogP contribution < -0.4 is 14.8 Å². The zero-order valence-electron chi connectivity index (χ0n) is 37.6. The van der Waals surface area contributed by atoms with Gasteiger partial charge in [-0.1, -0.05) is 103 Å². The quantitative estimate of drug-likeness (QED) is 0.0859. The lowest BCUT2D eigenvalue weighted by molar-refractivity contribution is -0.274. The molecule has 2 amide bonds. The molecule has 0 spiro atoms. The predicted octanol–water partition coefficient (Wildman–Crippen LogP) is 10.8. The molecule has 2 saturated heterocycles. The van der Waals surface area contributed by atoms with Gasteiger partial charge in [-0.3, -0.25) is 14.5 Å². The van der Waals surface area contributed by atoms with Gasteiger partial charge in [0.25, 0.3) is 5.91 Å². The van der Waals surface area contributed by atoms with E-state index in [1.807, 2.05) is 71.6 Å². The molecule has 2 aliphatic rings. The highest BCUT2D eigenvalue weighted by Crippen LogP contribution is 2.40. The van der Waals surface area contributed by atoms with Gasteiger partial charge in [0.05, 0.1) is 35.4 Å². The molecular formula is C54H49F3N6O5S. The number of para-hydroxylation sites is 2. The number of piperidine rings is 2. The normalized spacial score (nSPS) is 15.2. The summed E-state index contributed by atoms with van der Waals surface area (Å²) in [6, 6.07) is 43.0. The molecule has 352 valence electrons. The Morgan fingerprint density at radius 2 is 1.51 bits per heavy atom. The van der Waals surface area contributed by atoms with E-state index in [1.54, 1.807) is 28.4 Å². The van der Waals surface area contributed by atoms with Gasteiger partial charge < -0.3 is 24.8 Å². The van der Waals surface area contributed by atoms with Crippen molar-refractivity contribution in [1.82, 2.24) is 29.7 Å². The molecule has 0 bridgehead atoms. The van der Waals surface area contributed by atoms with Crippen LogP contribution in [0.4, 0.5) is 13.2 Å². The van der Waals surface area contributed by atoms with Gasteiger partial charge in [-0.15, -0.1) is 13.2 Å². The zero-order valence-corrected chi connectivity index (χ0v) is 38.4. The van der Waals surface area contributed by atoms with Crippen molar-refractivity contribution in [1.29, 1.82) is 0 Å². The number of carbonyl (C=O) groups is 2. The number of fused-ring (bicyclic) bond motifs is 4. The van der Waals surface area contributed by atoms with Gasteiger partial charge in [0.15, 0.2) is 5.16 Å². The second-order valence-corrected chi connectivity index (χ2v) is 18.6. The fourth-order valence-corrected chi connectivity index (χ4v) is 10.6. The highest BCUT2D eigenvalue weighted by Gasteiger charge is 2.33. The number of alkyl halides is 3. The predicted molar refractivity (Wildman–Crippen MR) is 261 cm³/mol. The molecule has 15 heteroatoms. The average Bonchev–Trinajstić information content (AvgIpc) is 3.80. The summed E-state index contributed by atoms with van der Waals surface area (Å²) in [5, 5.41) is 21.3. The van der Waals surface area contributed by atoms with Gasteiger partial charge in [-0.25, -0.2) is 9.50 Å². The Balaban J connectivity index is 0.705. The fourth-order valence-electron chi connectivity index (χ4n) is 9.42. The molecule has 2 aliphatic heterocycles. The Bertz CT molecular complexity index is 3130. The number of thioether (sulfide) groups is 1. The number of likely N-dealkylation sites (tertiary alicyclic amines) is 2. The molecule has 0 atom stereocenters. The highest BCUT2D eigenvalue weighted by atomic mass is 32.2. The first-order chi connectivity index (χ1) is 33.5. The summed E-state index contributed by atoms with van der Waals surface area (Å²) in [5.74, 6) is 1.11. The lowest BCUT2D eigenvalue weighted by Crippen LogP contribution is -2.47. The maximum atomic E-state index is 13.5. The third kappa shape index (κ3) is 10.5. The van der Waals surface area contributed by atoms with Crippen LogP contribution in [0, 0.1) is 5.92 Å². The van der Waals surface area contributed by atoms with Crippen molar-refractivity contribution in [2.24, 2.45) is 5.92 Å². The second kappa shape index (κ2) is 19.9. The number of phenols is 1. The van der Waals surface area contributed by atoms with Crippen LogP contribution in [0.5, 0.6) is 17.2 Å². The first kappa shape index (κ1) is 45.7. The molecule has 0 saturated carbocycles. The standard InChI is InChI=1S/C54H49F3N6O5S/c55-54(56,57)68-49-13-7-5-11-46(49)52(66)58-32-39-31-48-45-10-4-6-12-47(45)59-53(63(48)60-39)69-34-35-22-26-61(27-23-35)33-50(65)62-28-24-42(25-29-62)67-41-18-14-37(15-19-41)51-43(36-8-2-1-3-9-36)20-16-38-30-40(64)17-21-44(38)51/h1-21,30-31,35,42,64H,22-29,32-34H2,(H,58,66). The molecular weight excluding hydrogens is 902 g/mol. The fraction of sp³-hybridized carbons (Fsp3) is 0.259. The first-order valence-corrected chi connectivity index (χ1v) is 24.1. The second-order valence-electron chi connectivity index (χ2n) is 17.6. The number of rotatable bonds is 13. The third-order valence-corrected chi connectivity index (χ3v) is 14.1. The molecule has 11 nitrogen and oxygen atoms in total. The number of amides is 2. The third-order valence-electron chi connectivity index (χ3n) is 13.0. The van der Waals surface area contributed by atoms with Crippen molar-refractivity contribution in [3.05, 3.63) is 151 Å². The van der Waals surface area contributed by atoms with E-state index in [4.69, 9.17) is 14.8 Å². The van der Waals surface area contributed by atoms with Crippen LogP contribution >= 0.6 is 11.8 Å². The Labute approximate surface area is 400 Å². The molecule has 0 unspecified atom stereocenters. The summed E-state index contributed by atoms with van der Waals surface area (Å²) in [4.78, 5) is 35.7. The summed E-state index contributed by atoms with van der Waals surface area (Å²) in [7, 11) is 0. The van der Waals surface area contributed by atoms with E-state index in [9.17, 15) is 27.9 Å². The maximum Gasteiger partial charge on any atom is 0.573 e. The number of nitrogens with zero attached hydrogens (tertiary/aromatic N) is 5. The highest BCUT2D eigenvalue weighted by molar-refractivity contribution is 7.99. The number of carbonyl (C=O) groups excluding carboxylic acids is 2. The number of benzene rings is 6. The number of ether oxygens (including phenoxy) is 2. The SMILES string of the molecule is O=C(NCc1cc2c3ccccc3nc(SCC3CCN(CC(=O)N4CCC(Oc5ccc(-c6c(-c7ccccc7)ccc7cc(O)ccc67)cc5)CC4)CC3)n2n1)c1ccccc1OC(F)(F)F. The van der Waals surface area contributed by atoms with E-state index in [1.165, 1.54) is 18.2 Å². The van der Waals surface area contributed by atoms with Crippen LogP contribution in [0.25, 0.3) is 49.4 Å². The molecule has 69 heavy (non-hydrogen) atoms. The molecule has 2 N–H and O–H groups in total. The number of hydrogen-bond donors (Lipinski definition) is 2. The van der Waals surface area contributed by atoms with Gasteiger partial charge in [0, 0.05) is 37.1 Å². The number of aromatic hydroxyl groups is 1. The summed E-state index contributed by atoms with van der Waals surface area (Å²) in [6.07, 6.45) is -1.52. The van der Waals surface area contributed by atoms with Gasteiger partial charge >= 0.3 is 6.36 Å². The van der Waals surface area contributed by atoms with E-state index in [0.717, 1.165) is 106 Å². The minimum Gasteiger partial charge on any atom is -0.508 e. The van der Waals surface area contributed by atoms with Crippen LogP contribution in [0.2, 0.25) is 0 Å². The minimum absolute atomic E-state index is 0.0133. The number of halogens is 3. The van der Waals surface area contributed by atoms with Crippen LogP contribution in [0.1, 0.15) is 41.7 Å². The smallest absolute Gasteiger partial charge is 0.508 e. The number of phenolic OH excluding ortho intramolecular Hbond substituents is 1. The van der Waals surface area contributed by atoms with Crippen molar-refractivity contribution < 1.29 is 37.3 Å². The average molecular weight is 951 g/mol. The lowest BCUT2D eigenvalue weighted by Gasteiger charge is -2.35.